The number of carbonyl (C=O) groups excluding carboxylic acids is 2. The van der Waals surface area contributed by atoms with Crippen LogP contribution in [0, 0.1) is 0 Å². The predicted molar refractivity (Wildman–Crippen MR) is 137 cm³/mol. The molecule has 0 amide bonds. The summed E-state index contributed by atoms with van der Waals surface area (Å²) in [5, 5.41) is 6.23. The second kappa shape index (κ2) is 10.7. The maximum atomic E-state index is 13.5. The van der Waals surface area contributed by atoms with Crippen LogP contribution in [-0.2, 0) is 14.3 Å². The third-order valence-electron chi connectivity index (χ3n) is 5.93. The lowest BCUT2D eigenvalue weighted by Gasteiger charge is -2.36. The first-order chi connectivity index (χ1) is 15.9. The number of esters is 1. The highest BCUT2D eigenvalue weighted by Crippen LogP contribution is 2.47. The molecule has 2 atom stereocenters. The molecule has 8 heteroatoms. The molecule has 0 fully saturated rings. The van der Waals surface area contributed by atoms with Crippen LogP contribution >= 0.6 is 46.3 Å². The summed E-state index contributed by atoms with van der Waals surface area (Å²) in [4.78, 5) is 27.9. The van der Waals surface area contributed by atoms with E-state index in [2.05, 4.69) is 18.3 Å². The van der Waals surface area contributed by atoms with Gasteiger partial charge in [-0.2, -0.15) is 11.8 Å². The summed E-state index contributed by atoms with van der Waals surface area (Å²) in [6.45, 7) is 4.25. The van der Waals surface area contributed by atoms with Crippen LogP contribution in [-0.4, -0.2) is 29.9 Å². The normalized spacial score (nSPS) is 20.5. The van der Waals surface area contributed by atoms with Gasteiger partial charge in [0.15, 0.2) is 5.78 Å². The number of thioether (sulfide) groups is 1. The topological polar surface area (TPSA) is 55.4 Å². The Balaban J connectivity index is 1.73. The van der Waals surface area contributed by atoms with Gasteiger partial charge in [0.05, 0.1) is 15.6 Å². The van der Waals surface area contributed by atoms with E-state index in [9.17, 15) is 9.59 Å². The van der Waals surface area contributed by atoms with Gasteiger partial charge in [-0.05, 0) is 48.2 Å². The Morgan fingerprint density at radius 1 is 1.24 bits per heavy atom. The first-order valence-electron chi connectivity index (χ1n) is 10.9. The van der Waals surface area contributed by atoms with Crippen LogP contribution in [0.15, 0.2) is 58.3 Å². The third kappa shape index (κ3) is 5.19. The maximum Gasteiger partial charge on any atom is 0.336 e. The van der Waals surface area contributed by atoms with Gasteiger partial charge in [-0.25, -0.2) is 4.79 Å². The number of carbonyl (C=O) groups is 2. The third-order valence-corrected chi connectivity index (χ3v) is 8.57. The molecule has 2 heterocycles. The Labute approximate surface area is 212 Å². The molecule has 2 aromatic rings. The summed E-state index contributed by atoms with van der Waals surface area (Å²) in [5.41, 5.74) is 3.42. The number of ether oxygens (including phenoxy) is 1. The lowest BCUT2D eigenvalue weighted by Crippen LogP contribution is -2.36. The second-order valence-electron chi connectivity index (χ2n) is 8.04. The number of Topliss-reactive ketones (excluding diaryl/α,β-unsaturated/α-hetero) is 1. The molecular weight excluding hydrogens is 497 g/mol. The summed E-state index contributed by atoms with van der Waals surface area (Å²) < 4.78 is 5.61. The summed E-state index contributed by atoms with van der Waals surface area (Å²) in [7, 11) is 0. The molecule has 0 bridgehead atoms. The molecule has 1 N–H and O–H groups in total. The van der Waals surface area contributed by atoms with Crippen molar-refractivity contribution in [2.75, 3.05) is 18.1 Å². The van der Waals surface area contributed by atoms with Crippen LogP contribution < -0.4 is 5.32 Å². The number of dihydropyridines is 1. The number of allylic oxidation sites excluding steroid dienone is 3. The number of halogens is 2. The highest BCUT2D eigenvalue weighted by molar-refractivity contribution is 7.99. The number of benzene rings is 1. The number of ketones is 1. The molecule has 0 spiro atoms. The summed E-state index contributed by atoms with van der Waals surface area (Å²) >= 11 is 15.9. The van der Waals surface area contributed by atoms with Crippen molar-refractivity contribution in [3.8, 4) is 0 Å². The first-order valence-corrected chi connectivity index (χ1v) is 13.7. The van der Waals surface area contributed by atoms with E-state index in [1.54, 1.807) is 35.2 Å². The lowest BCUT2D eigenvalue weighted by atomic mass is 9.72. The molecule has 0 saturated heterocycles. The van der Waals surface area contributed by atoms with Crippen molar-refractivity contribution >= 4 is 58.1 Å². The summed E-state index contributed by atoms with van der Waals surface area (Å²) in [6, 6.07) is 9.38. The Morgan fingerprint density at radius 2 is 2.06 bits per heavy atom. The molecule has 1 aliphatic carbocycles. The van der Waals surface area contributed by atoms with E-state index >= 15 is 0 Å². The van der Waals surface area contributed by atoms with E-state index in [-0.39, 0.29) is 11.7 Å². The van der Waals surface area contributed by atoms with Crippen molar-refractivity contribution in [3.63, 3.8) is 0 Å². The van der Waals surface area contributed by atoms with Crippen LogP contribution in [0.5, 0.6) is 0 Å². The largest absolute Gasteiger partial charge is 0.461 e. The van der Waals surface area contributed by atoms with E-state index in [1.165, 1.54) is 4.88 Å². The number of hydrogen-bond donors (Lipinski definition) is 1. The smallest absolute Gasteiger partial charge is 0.336 e. The van der Waals surface area contributed by atoms with Crippen molar-refractivity contribution in [1.29, 1.82) is 0 Å². The van der Waals surface area contributed by atoms with Gasteiger partial charge < -0.3 is 10.1 Å². The van der Waals surface area contributed by atoms with Gasteiger partial charge >= 0.3 is 5.97 Å². The van der Waals surface area contributed by atoms with Crippen molar-refractivity contribution in [2.24, 2.45) is 0 Å². The molecule has 174 valence electrons. The van der Waals surface area contributed by atoms with Crippen LogP contribution in [0.4, 0.5) is 0 Å². The molecular formula is C25H25Cl2NO3S2. The fourth-order valence-electron chi connectivity index (χ4n) is 4.48. The Hall–Kier alpha value is -1.73. The maximum absolute atomic E-state index is 13.5. The average Bonchev–Trinajstić information content (AvgIpc) is 3.32. The number of thiophene rings is 1. The second-order valence-corrected chi connectivity index (χ2v) is 11.2. The molecule has 4 rings (SSSR count). The van der Waals surface area contributed by atoms with Gasteiger partial charge in [0.25, 0.3) is 0 Å². The zero-order chi connectivity index (χ0) is 23.5. The van der Waals surface area contributed by atoms with Gasteiger partial charge in [0, 0.05) is 45.9 Å². The zero-order valence-corrected chi connectivity index (χ0v) is 21.6. The molecule has 0 saturated carbocycles. The van der Waals surface area contributed by atoms with Crippen molar-refractivity contribution in [1.82, 2.24) is 5.32 Å². The van der Waals surface area contributed by atoms with Crippen LogP contribution in [0.2, 0.25) is 10.0 Å². The molecule has 2 aliphatic rings. The molecule has 1 aliphatic heterocycles. The Kier molecular flexibility index (Phi) is 7.90. The standard InChI is InChI=1S/C25H25Cl2NO3S2/c1-3-32-10-8-31-25(30)22-14(2)28-19-12-16(21-5-4-9-33-21)13-20(29)24(19)23(22)15-6-7-17(26)18(27)11-15/h4-7,9,11,16,23,28H,3,8,10,12-13H2,1-2H3/t16-,23+/m0/s1. The van der Waals surface area contributed by atoms with E-state index in [0.717, 1.165) is 22.8 Å². The van der Waals surface area contributed by atoms with Crippen LogP contribution in [0.25, 0.3) is 0 Å². The summed E-state index contributed by atoms with van der Waals surface area (Å²) in [5.74, 6) is 0.910. The van der Waals surface area contributed by atoms with Gasteiger partial charge in [0.1, 0.15) is 6.61 Å². The average molecular weight is 523 g/mol. The SMILES string of the molecule is CCSCCOC(=O)C1=C(C)NC2=C(C(=O)C[C@@H](c3cccs3)C2)[C@@H]1c1ccc(Cl)c(Cl)c1. The van der Waals surface area contributed by atoms with Gasteiger partial charge in [-0.3, -0.25) is 4.79 Å². The van der Waals surface area contributed by atoms with Gasteiger partial charge in [-0.15, -0.1) is 11.3 Å². The summed E-state index contributed by atoms with van der Waals surface area (Å²) in [6.07, 6.45) is 1.12. The quantitative estimate of drug-likeness (QED) is 0.324. The van der Waals surface area contributed by atoms with Crippen LogP contribution in [0.1, 0.15) is 49.0 Å². The number of rotatable bonds is 7. The van der Waals surface area contributed by atoms with Gasteiger partial charge in [0.2, 0.25) is 0 Å². The Bertz CT molecular complexity index is 1120. The fraction of sp³-hybridized carbons (Fsp3) is 0.360. The number of hydrogen-bond acceptors (Lipinski definition) is 6. The van der Waals surface area contributed by atoms with Crippen LogP contribution in [0.3, 0.4) is 0 Å². The lowest BCUT2D eigenvalue weighted by molar-refractivity contribution is -0.138. The van der Waals surface area contributed by atoms with Crippen molar-refractivity contribution in [2.45, 2.75) is 38.5 Å². The molecule has 1 aromatic carbocycles. The van der Waals surface area contributed by atoms with Crippen molar-refractivity contribution in [3.05, 3.63) is 78.7 Å². The zero-order valence-electron chi connectivity index (χ0n) is 18.5. The predicted octanol–water partition coefficient (Wildman–Crippen LogP) is 6.71. The van der Waals surface area contributed by atoms with E-state index in [0.29, 0.717) is 46.3 Å². The highest BCUT2D eigenvalue weighted by atomic mass is 35.5. The van der Waals surface area contributed by atoms with E-state index in [1.807, 2.05) is 24.4 Å². The fourth-order valence-corrected chi connectivity index (χ4v) is 6.10. The molecule has 1 aromatic heterocycles. The molecule has 0 unspecified atom stereocenters. The minimum Gasteiger partial charge on any atom is -0.461 e. The monoisotopic (exact) mass is 521 g/mol. The minimum atomic E-state index is -0.542. The Morgan fingerprint density at radius 3 is 2.76 bits per heavy atom. The minimum absolute atomic E-state index is 0.0394. The van der Waals surface area contributed by atoms with E-state index < -0.39 is 11.9 Å². The van der Waals surface area contributed by atoms with Crippen molar-refractivity contribution < 1.29 is 14.3 Å². The molecule has 4 nitrogen and oxygen atoms in total. The first kappa shape index (κ1) is 24.4. The highest BCUT2D eigenvalue weighted by Gasteiger charge is 2.41. The molecule has 0 radical (unpaired) electrons. The number of nitrogens with one attached hydrogen (secondary N) is 1. The van der Waals surface area contributed by atoms with E-state index in [4.69, 9.17) is 27.9 Å². The van der Waals surface area contributed by atoms with Gasteiger partial charge in [-0.1, -0.05) is 42.3 Å². The molecule has 33 heavy (non-hydrogen) atoms.